The van der Waals surface area contributed by atoms with Crippen LogP contribution in [0.1, 0.15) is 12.5 Å². The highest BCUT2D eigenvalue weighted by Gasteiger charge is 2.20. The molecule has 27 heavy (non-hydrogen) atoms. The smallest absolute Gasteiger partial charge is 0.349 e. The van der Waals surface area contributed by atoms with Crippen LogP contribution in [0.2, 0.25) is 0 Å². The van der Waals surface area contributed by atoms with Gasteiger partial charge >= 0.3 is 5.97 Å². The number of anilines is 1. The summed E-state index contributed by atoms with van der Waals surface area (Å²) in [6.07, 6.45) is 0.329. The Hall–Kier alpha value is -3.11. The van der Waals surface area contributed by atoms with Gasteiger partial charge in [-0.2, -0.15) is 5.26 Å². The van der Waals surface area contributed by atoms with Crippen LogP contribution in [0.3, 0.4) is 0 Å². The Morgan fingerprint density at radius 3 is 2.33 bits per heavy atom. The summed E-state index contributed by atoms with van der Waals surface area (Å²) in [7, 11) is 1.55. The highest BCUT2D eigenvalue weighted by atomic mass is 79.9. The van der Waals surface area contributed by atoms with Crippen LogP contribution in [0.4, 0.5) is 5.69 Å². The Bertz CT molecular complexity index is 884. The molecule has 0 heterocycles. The van der Waals surface area contributed by atoms with Gasteiger partial charge in [0.25, 0.3) is 5.91 Å². The molecule has 0 radical (unpaired) electrons. The molecule has 1 atom stereocenters. The number of amides is 1. The summed E-state index contributed by atoms with van der Waals surface area (Å²) >= 11 is 3.31. The van der Waals surface area contributed by atoms with Crippen molar-refractivity contribution in [2.75, 3.05) is 12.4 Å². The minimum absolute atomic E-state index is 0.205. The quantitative estimate of drug-likeness (QED) is 0.427. The number of nitriles is 1. The number of esters is 1. The summed E-state index contributed by atoms with van der Waals surface area (Å²) in [4.78, 5) is 24.3. The van der Waals surface area contributed by atoms with Crippen molar-refractivity contribution in [3.63, 3.8) is 0 Å². The zero-order valence-corrected chi connectivity index (χ0v) is 16.3. The fourth-order valence-electron chi connectivity index (χ4n) is 2.06. The number of carbonyl (C=O) groups excluding carboxylic acids is 2. The number of hydrogen-bond donors (Lipinski definition) is 1. The molecule has 7 heteroatoms. The lowest BCUT2D eigenvalue weighted by Gasteiger charge is -2.13. The Morgan fingerprint density at radius 2 is 1.78 bits per heavy atom. The lowest BCUT2D eigenvalue weighted by atomic mass is 10.1. The predicted octanol–water partition coefficient (Wildman–Crippen LogP) is 3.94. The third kappa shape index (κ3) is 5.97. The molecule has 0 aliphatic heterocycles. The molecular formula is C20H17BrN2O4. The third-order valence-corrected chi connectivity index (χ3v) is 4.06. The van der Waals surface area contributed by atoms with Crippen LogP contribution < -0.4 is 10.1 Å². The molecule has 0 aliphatic rings. The normalized spacial score (nSPS) is 11.9. The lowest BCUT2D eigenvalue weighted by Crippen LogP contribution is -2.30. The number of ether oxygens (including phenoxy) is 2. The maximum Gasteiger partial charge on any atom is 0.349 e. The number of nitrogens with zero attached hydrogens (tertiary/aromatic N) is 1. The van der Waals surface area contributed by atoms with Crippen LogP contribution in [-0.2, 0) is 14.3 Å². The Balaban J connectivity index is 2.01. The van der Waals surface area contributed by atoms with E-state index < -0.39 is 18.0 Å². The van der Waals surface area contributed by atoms with Gasteiger partial charge < -0.3 is 14.8 Å². The largest absolute Gasteiger partial charge is 0.497 e. The molecule has 2 aromatic rings. The Labute approximate surface area is 165 Å². The first kappa shape index (κ1) is 20.2. The van der Waals surface area contributed by atoms with Gasteiger partial charge in [-0.1, -0.05) is 28.1 Å². The van der Waals surface area contributed by atoms with Gasteiger partial charge in [-0.25, -0.2) is 4.79 Å². The summed E-state index contributed by atoms with van der Waals surface area (Å²) in [6, 6.07) is 15.6. The average molecular weight is 429 g/mol. The first-order chi connectivity index (χ1) is 12.9. The highest BCUT2D eigenvalue weighted by Crippen LogP contribution is 2.16. The topological polar surface area (TPSA) is 88.4 Å². The lowest BCUT2D eigenvalue weighted by molar-refractivity contribution is -0.148. The molecule has 0 spiro atoms. The van der Waals surface area contributed by atoms with Gasteiger partial charge in [-0.05, 0) is 55.0 Å². The van der Waals surface area contributed by atoms with Gasteiger partial charge in [-0.15, -0.1) is 0 Å². The zero-order valence-electron chi connectivity index (χ0n) is 14.7. The molecule has 0 fully saturated rings. The van der Waals surface area contributed by atoms with E-state index in [1.54, 1.807) is 61.7 Å². The van der Waals surface area contributed by atoms with E-state index in [1.807, 2.05) is 0 Å². The summed E-state index contributed by atoms with van der Waals surface area (Å²) < 4.78 is 11.0. The van der Waals surface area contributed by atoms with Crippen LogP contribution in [0, 0.1) is 11.3 Å². The third-order valence-electron chi connectivity index (χ3n) is 3.53. The van der Waals surface area contributed by atoms with Crippen LogP contribution in [0.5, 0.6) is 5.75 Å². The van der Waals surface area contributed by atoms with Crippen LogP contribution in [-0.4, -0.2) is 25.1 Å². The number of nitrogens with one attached hydrogen (secondary N) is 1. The van der Waals surface area contributed by atoms with E-state index in [9.17, 15) is 14.9 Å². The maximum atomic E-state index is 12.2. The zero-order chi connectivity index (χ0) is 19.8. The van der Waals surface area contributed by atoms with E-state index in [0.717, 1.165) is 4.47 Å². The van der Waals surface area contributed by atoms with Gasteiger partial charge in [0.2, 0.25) is 0 Å². The number of halogens is 1. The number of methoxy groups -OCH3 is 1. The van der Waals surface area contributed by atoms with Crippen molar-refractivity contribution in [1.82, 2.24) is 0 Å². The predicted molar refractivity (Wildman–Crippen MR) is 105 cm³/mol. The summed E-state index contributed by atoms with van der Waals surface area (Å²) in [5.74, 6) is -0.703. The first-order valence-electron chi connectivity index (χ1n) is 7.96. The molecule has 138 valence electrons. The maximum absolute atomic E-state index is 12.2. The van der Waals surface area contributed by atoms with E-state index in [1.165, 1.54) is 13.0 Å². The molecule has 0 saturated heterocycles. The molecule has 0 saturated carbocycles. The molecule has 1 N–H and O–H groups in total. The Kier molecular flexibility index (Phi) is 7.15. The number of hydrogen-bond acceptors (Lipinski definition) is 5. The van der Waals surface area contributed by atoms with E-state index in [-0.39, 0.29) is 5.57 Å². The van der Waals surface area contributed by atoms with Crippen molar-refractivity contribution in [3.8, 4) is 11.8 Å². The summed E-state index contributed by atoms with van der Waals surface area (Å²) in [5.41, 5.74) is 1.00. The van der Waals surface area contributed by atoms with Crippen molar-refractivity contribution < 1.29 is 19.1 Å². The van der Waals surface area contributed by atoms with E-state index in [0.29, 0.717) is 17.0 Å². The number of rotatable bonds is 6. The van der Waals surface area contributed by atoms with Crippen LogP contribution in [0.25, 0.3) is 6.08 Å². The number of benzene rings is 2. The molecule has 0 aromatic heterocycles. The Morgan fingerprint density at radius 1 is 1.15 bits per heavy atom. The standard InChI is InChI=1S/C20H17BrN2O4/c1-13(19(24)23-17-7-5-16(21)6-8-17)27-20(25)15(12-22)11-14-3-9-18(26-2)10-4-14/h3-11,13H,1-2H3,(H,23,24)/b15-11+. The minimum atomic E-state index is -1.06. The van der Waals surface area contributed by atoms with E-state index in [2.05, 4.69) is 21.2 Å². The summed E-state index contributed by atoms with van der Waals surface area (Å²) in [5, 5.41) is 11.9. The second-order valence-corrected chi connectivity index (χ2v) is 6.40. The molecule has 1 amide bonds. The van der Waals surface area contributed by atoms with Gasteiger partial charge in [-0.3, -0.25) is 4.79 Å². The second-order valence-electron chi connectivity index (χ2n) is 5.49. The second kappa shape index (κ2) is 9.55. The van der Waals surface area contributed by atoms with Crippen LogP contribution >= 0.6 is 15.9 Å². The highest BCUT2D eigenvalue weighted by molar-refractivity contribution is 9.10. The minimum Gasteiger partial charge on any atom is -0.497 e. The van der Waals surface area contributed by atoms with Gasteiger partial charge in [0.05, 0.1) is 7.11 Å². The van der Waals surface area contributed by atoms with E-state index >= 15 is 0 Å². The molecule has 2 aromatic carbocycles. The molecule has 0 aliphatic carbocycles. The fourth-order valence-corrected chi connectivity index (χ4v) is 2.32. The van der Waals surface area contributed by atoms with Crippen molar-refractivity contribution >= 4 is 39.6 Å². The van der Waals surface area contributed by atoms with Crippen molar-refractivity contribution in [1.29, 1.82) is 5.26 Å². The summed E-state index contributed by atoms with van der Waals surface area (Å²) in [6.45, 7) is 1.44. The first-order valence-corrected chi connectivity index (χ1v) is 8.75. The van der Waals surface area contributed by atoms with Gasteiger partial charge in [0, 0.05) is 10.2 Å². The molecule has 1 unspecified atom stereocenters. The van der Waals surface area contributed by atoms with Crippen molar-refractivity contribution in [2.24, 2.45) is 0 Å². The van der Waals surface area contributed by atoms with Gasteiger partial charge in [0.1, 0.15) is 17.4 Å². The molecule has 0 bridgehead atoms. The SMILES string of the molecule is COc1ccc(/C=C(\C#N)C(=O)OC(C)C(=O)Nc2ccc(Br)cc2)cc1. The van der Waals surface area contributed by atoms with Crippen LogP contribution in [0.15, 0.2) is 58.6 Å². The van der Waals surface area contributed by atoms with Crippen molar-refractivity contribution in [3.05, 3.63) is 64.1 Å². The molecular weight excluding hydrogens is 412 g/mol. The molecule has 2 rings (SSSR count). The van der Waals surface area contributed by atoms with Crippen molar-refractivity contribution in [2.45, 2.75) is 13.0 Å². The average Bonchev–Trinajstić information content (AvgIpc) is 2.68. The van der Waals surface area contributed by atoms with E-state index in [4.69, 9.17) is 9.47 Å². The number of carbonyl (C=O) groups is 2. The van der Waals surface area contributed by atoms with Gasteiger partial charge in [0.15, 0.2) is 6.10 Å². The fraction of sp³-hybridized carbons (Fsp3) is 0.150. The monoisotopic (exact) mass is 428 g/mol. The molecule has 6 nitrogen and oxygen atoms in total.